The van der Waals surface area contributed by atoms with Gasteiger partial charge in [-0.05, 0) is 47.2 Å². The second-order valence-electron chi connectivity index (χ2n) is 8.11. The first kappa shape index (κ1) is 23.2. The average molecular weight is 521 g/mol. The van der Waals surface area contributed by atoms with Crippen molar-refractivity contribution in [1.29, 1.82) is 0 Å². The monoisotopic (exact) mass is 520 g/mol. The predicted molar refractivity (Wildman–Crippen MR) is 140 cm³/mol. The van der Waals surface area contributed by atoms with Crippen LogP contribution in [0.2, 0.25) is 0 Å². The van der Waals surface area contributed by atoms with Crippen molar-refractivity contribution in [2.45, 2.75) is 26.7 Å². The largest absolute Gasteiger partial charge is 0.483 e. The van der Waals surface area contributed by atoms with Gasteiger partial charge in [-0.25, -0.2) is 4.98 Å². The molecule has 1 amide bonds. The minimum atomic E-state index is -0.231. The Morgan fingerprint density at radius 3 is 2.39 bits per heavy atom. The number of carbonyl (C=O) groups excluding carboxylic acids is 1. The summed E-state index contributed by atoms with van der Waals surface area (Å²) in [5.41, 5.74) is 6.31. The number of ether oxygens (including phenoxy) is 1. The molecule has 0 spiro atoms. The van der Waals surface area contributed by atoms with Crippen molar-refractivity contribution in [3.05, 3.63) is 87.7 Å². The molecule has 0 unspecified atom stereocenters. The fourth-order valence-electron chi connectivity index (χ4n) is 3.47. The number of anilines is 1. The third kappa shape index (κ3) is 5.70. The SMILES string of the molecule is Cc1cc(OCC(=O)Nc2nc(-c3ccc(-c4ccccc4)cc3)cs2)c(C(C)C)cc1Br. The number of rotatable bonds is 7. The van der Waals surface area contributed by atoms with Gasteiger partial charge in [0, 0.05) is 15.4 Å². The first-order chi connectivity index (χ1) is 15.9. The summed E-state index contributed by atoms with van der Waals surface area (Å²) in [6, 6.07) is 22.6. The van der Waals surface area contributed by atoms with E-state index in [-0.39, 0.29) is 18.4 Å². The second kappa shape index (κ2) is 10.3. The number of aromatic nitrogens is 1. The third-order valence-electron chi connectivity index (χ3n) is 5.31. The van der Waals surface area contributed by atoms with E-state index in [0.29, 0.717) is 5.13 Å². The number of halogens is 1. The maximum absolute atomic E-state index is 12.5. The van der Waals surface area contributed by atoms with E-state index >= 15 is 0 Å². The quantitative estimate of drug-likeness (QED) is 0.271. The van der Waals surface area contributed by atoms with E-state index in [9.17, 15) is 4.79 Å². The number of carbonyl (C=O) groups is 1. The summed E-state index contributed by atoms with van der Waals surface area (Å²) in [6.45, 7) is 6.15. The Labute approximate surface area is 206 Å². The number of nitrogens with zero attached hydrogens (tertiary/aromatic N) is 1. The molecule has 1 aromatic heterocycles. The fourth-order valence-corrected chi connectivity index (χ4v) is 4.57. The molecular formula is C27H25BrN2O2S. The number of hydrogen-bond acceptors (Lipinski definition) is 4. The normalized spacial score (nSPS) is 10.9. The fraction of sp³-hybridized carbons (Fsp3) is 0.185. The van der Waals surface area contributed by atoms with E-state index in [0.717, 1.165) is 38.2 Å². The van der Waals surface area contributed by atoms with Crippen molar-refractivity contribution < 1.29 is 9.53 Å². The Balaban J connectivity index is 1.39. The first-order valence-electron chi connectivity index (χ1n) is 10.7. The summed E-state index contributed by atoms with van der Waals surface area (Å²) >= 11 is 4.97. The standard InChI is InChI=1S/C27H25BrN2O2S/c1-17(2)22-14-23(28)18(3)13-25(22)32-15-26(31)30-27-29-24(16-33-27)21-11-9-20(10-12-21)19-7-5-4-6-8-19/h4-14,16-17H,15H2,1-3H3,(H,29,30,31). The van der Waals surface area contributed by atoms with Crippen LogP contribution < -0.4 is 10.1 Å². The van der Waals surface area contributed by atoms with Crippen LogP contribution in [0.15, 0.2) is 76.6 Å². The number of benzene rings is 3. The van der Waals surface area contributed by atoms with Crippen molar-refractivity contribution in [3.63, 3.8) is 0 Å². The van der Waals surface area contributed by atoms with E-state index in [1.54, 1.807) is 0 Å². The summed E-state index contributed by atoms with van der Waals surface area (Å²) in [6.07, 6.45) is 0. The zero-order chi connectivity index (χ0) is 23.4. The molecule has 0 aliphatic heterocycles. The molecule has 0 saturated carbocycles. The number of thiazole rings is 1. The lowest BCUT2D eigenvalue weighted by atomic mass is 10.0. The van der Waals surface area contributed by atoms with Crippen molar-refractivity contribution in [3.8, 4) is 28.1 Å². The molecule has 0 fully saturated rings. The minimum absolute atomic E-state index is 0.0680. The molecule has 0 bridgehead atoms. The number of aryl methyl sites for hydroxylation is 1. The molecule has 0 saturated heterocycles. The zero-order valence-electron chi connectivity index (χ0n) is 18.8. The number of nitrogens with one attached hydrogen (secondary N) is 1. The Kier molecular flexibility index (Phi) is 7.26. The molecule has 0 atom stereocenters. The van der Waals surface area contributed by atoms with Crippen LogP contribution in [0.5, 0.6) is 5.75 Å². The van der Waals surface area contributed by atoms with Gasteiger partial charge in [-0.1, -0.05) is 84.4 Å². The maximum Gasteiger partial charge on any atom is 0.264 e. The predicted octanol–water partition coefficient (Wildman–Crippen LogP) is 7.69. The van der Waals surface area contributed by atoms with E-state index in [4.69, 9.17) is 4.74 Å². The highest BCUT2D eigenvalue weighted by molar-refractivity contribution is 9.10. The summed E-state index contributed by atoms with van der Waals surface area (Å²) in [5, 5.41) is 5.35. The number of amides is 1. The molecule has 33 heavy (non-hydrogen) atoms. The molecule has 1 N–H and O–H groups in total. The molecule has 4 nitrogen and oxygen atoms in total. The molecule has 0 radical (unpaired) electrons. The molecule has 4 aromatic rings. The highest BCUT2D eigenvalue weighted by Crippen LogP contribution is 2.32. The molecular weight excluding hydrogens is 496 g/mol. The Bertz CT molecular complexity index is 1250. The molecule has 3 aromatic carbocycles. The van der Waals surface area contributed by atoms with Crippen LogP contribution in [0.25, 0.3) is 22.4 Å². The van der Waals surface area contributed by atoms with Crippen LogP contribution in [0.3, 0.4) is 0 Å². The lowest BCUT2D eigenvalue weighted by Crippen LogP contribution is -2.20. The van der Waals surface area contributed by atoms with Crippen LogP contribution in [0, 0.1) is 6.92 Å². The van der Waals surface area contributed by atoms with Gasteiger partial charge in [0.1, 0.15) is 5.75 Å². The highest BCUT2D eigenvalue weighted by Gasteiger charge is 2.14. The molecule has 6 heteroatoms. The smallest absolute Gasteiger partial charge is 0.264 e. The van der Waals surface area contributed by atoms with Gasteiger partial charge in [-0.3, -0.25) is 10.1 Å². The lowest BCUT2D eigenvalue weighted by molar-refractivity contribution is -0.118. The Morgan fingerprint density at radius 1 is 1.03 bits per heavy atom. The van der Waals surface area contributed by atoms with E-state index in [1.807, 2.05) is 36.6 Å². The van der Waals surface area contributed by atoms with Gasteiger partial charge < -0.3 is 4.74 Å². The van der Waals surface area contributed by atoms with E-state index < -0.39 is 0 Å². The second-order valence-corrected chi connectivity index (χ2v) is 9.82. The summed E-state index contributed by atoms with van der Waals surface area (Å²) in [5.74, 6) is 0.791. The molecule has 1 heterocycles. The summed E-state index contributed by atoms with van der Waals surface area (Å²) < 4.78 is 6.90. The van der Waals surface area contributed by atoms with Crippen LogP contribution in [0.1, 0.15) is 30.9 Å². The van der Waals surface area contributed by atoms with Gasteiger partial charge in [-0.15, -0.1) is 11.3 Å². The Hall–Kier alpha value is -2.96. The van der Waals surface area contributed by atoms with Gasteiger partial charge >= 0.3 is 0 Å². The molecule has 168 valence electrons. The first-order valence-corrected chi connectivity index (χ1v) is 12.4. The van der Waals surface area contributed by atoms with Crippen molar-refractivity contribution in [2.75, 3.05) is 11.9 Å². The highest BCUT2D eigenvalue weighted by atomic mass is 79.9. The lowest BCUT2D eigenvalue weighted by Gasteiger charge is -2.15. The van der Waals surface area contributed by atoms with Gasteiger partial charge in [0.05, 0.1) is 5.69 Å². The van der Waals surface area contributed by atoms with Gasteiger partial charge in [-0.2, -0.15) is 0 Å². The molecule has 0 aliphatic rings. The van der Waals surface area contributed by atoms with E-state index in [2.05, 4.69) is 82.5 Å². The van der Waals surface area contributed by atoms with Crippen LogP contribution in [0.4, 0.5) is 5.13 Å². The molecule has 0 aliphatic carbocycles. The zero-order valence-corrected chi connectivity index (χ0v) is 21.2. The minimum Gasteiger partial charge on any atom is -0.483 e. The van der Waals surface area contributed by atoms with Gasteiger partial charge in [0.2, 0.25) is 0 Å². The van der Waals surface area contributed by atoms with Crippen molar-refractivity contribution in [2.24, 2.45) is 0 Å². The summed E-state index contributed by atoms with van der Waals surface area (Å²) in [4.78, 5) is 17.1. The summed E-state index contributed by atoms with van der Waals surface area (Å²) in [7, 11) is 0. The van der Waals surface area contributed by atoms with Crippen molar-refractivity contribution in [1.82, 2.24) is 4.98 Å². The Morgan fingerprint density at radius 2 is 1.70 bits per heavy atom. The van der Waals surface area contributed by atoms with Crippen LogP contribution >= 0.6 is 27.3 Å². The maximum atomic E-state index is 12.5. The van der Waals surface area contributed by atoms with Crippen LogP contribution in [-0.4, -0.2) is 17.5 Å². The van der Waals surface area contributed by atoms with Crippen LogP contribution in [-0.2, 0) is 4.79 Å². The van der Waals surface area contributed by atoms with E-state index in [1.165, 1.54) is 16.9 Å². The third-order valence-corrected chi connectivity index (χ3v) is 6.92. The topological polar surface area (TPSA) is 51.2 Å². The average Bonchev–Trinajstić information content (AvgIpc) is 3.28. The van der Waals surface area contributed by atoms with Crippen molar-refractivity contribution >= 4 is 38.3 Å². The van der Waals surface area contributed by atoms with Gasteiger partial charge in [0.15, 0.2) is 11.7 Å². The number of hydrogen-bond donors (Lipinski definition) is 1. The van der Waals surface area contributed by atoms with Gasteiger partial charge in [0.25, 0.3) is 5.91 Å². The molecule has 4 rings (SSSR count).